The molecule has 1 heterocycles. The third kappa shape index (κ3) is 2.14. The molecule has 1 aliphatic heterocycles. The molecule has 0 spiro atoms. The van der Waals surface area contributed by atoms with Crippen LogP contribution in [0.25, 0.3) is 0 Å². The number of unbranched alkanes of at least 4 members (excludes halogenated alkanes) is 1. The number of ether oxygens (including phenoxy) is 1. The molecule has 3 heteroatoms. The summed E-state index contributed by atoms with van der Waals surface area (Å²) in [6.07, 6.45) is 4.79. The minimum absolute atomic E-state index is 0.301. The first-order valence-corrected chi connectivity index (χ1v) is 5.39. The van der Waals surface area contributed by atoms with E-state index in [1.54, 1.807) is 0 Å². The maximum Gasteiger partial charge on any atom is 0.319 e. The molecule has 1 fully saturated rings. The van der Waals surface area contributed by atoms with Gasteiger partial charge in [-0.1, -0.05) is 26.7 Å². The second kappa shape index (κ2) is 4.58. The summed E-state index contributed by atoms with van der Waals surface area (Å²) in [5.41, 5.74) is -0.371. The first kappa shape index (κ1) is 11.2. The molecular weight excluding hydrogens is 180 g/mol. The van der Waals surface area contributed by atoms with E-state index in [0.29, 0.717) is 12.8 Å². The Balaban J connectivity index is 2.67. The van der Waals surface area contributed by atoms with Gasteiger partial charge in [-0.05, 0) is 19.3 Å². The fourth-order valence-corrected chi connectivity index (χ4v) is 1.95. The van der Waals surface area contributed by atoms with Gasteiger partial charge < -0.3 is 4.74 Å². The molecule has 0 aromatic carbocycles. The number of hydrogen-bond acceptors (Lipinski definition) is 3. The van der Waals surface area contributed by atoms with Crippen molar-refractivity contribution in [3.05, 3.63) is 0 Å². The van der Waals surface area contributed by atoms with E-state index in [-0.39, 0.29) is 17.4 Å². The van der Waals surface area contributed by atoms with Crippen molar-refractivity contribution in [3.63, 3.8) is 0 Å². The molecule has 0 amide bonds. The molecule has 0 saturated carbocycles. The molecule has 0 N–H and O–H groups in total. The summed E-state index contributed by atoms with van der Waals surface area (Å²) in [6, 6.07) is 0. The van der Waals surface area contributed by atoms with Gasteiger partial charge in [0, 0.05) is 6.42 Å². The maximum absolute atomic E-state index is 11.6. The normalized spacial score (nSPS) is 27.6. The van der Waals surface area contributed by atoms with Gasteiger partial charge >= 0.3 is 11.9 Å². The van der Waals surface area contributed by atoms with Crippen LogP contribution in [0.2, 0.25) is 0 Å². The molecule has 3 nitrogen and oxygen atoms in total. The van der Waals surface area contributed by atoms with Crippen LogP contribution in [0.15, 0.2) is 0 Å². The van der Waals surface area contributed by atoms with Gasteiger partial charge in [0.2, 0.25) is 0 Å². The van der Waals surface area contributed by atoms with Crippen molar-refractivity contribution in [1.29, 1.82) is 0 Å². The smallest absolute Gasteiger partial charge is 0.319 e. The zero-order valence-corrected chi connectivity index (χ0v) is 8.97. The van der Waals surface area contributed by atoms with Crippen molar-refractivity contribution in [2.24, 2.45) is 5.41 Å². The standard InChI is InChI=1S/C11H18O3/c1-3-5-7-11(4-2)8-6-9(12)14-10(11)13/h3-8H2,1-2H3. The molecule has 1 saturated heterocycles. The Hall–Kier alpha value is -0.860. The molecule has 0 aliphatic carbocycles. The molecule has 1 atom stereocenters. The maximum atomic E-state index is 11.6. The lowest BCUT2D eigenvalue weighted by atomic mass is 9.75. The molecule has 80 valence electrons. The van der Waals surface area contributed by atoms with Crippen LogP contribution in [-0.4, -0.2) is 11.9 Å². The molecule has 0 aromatic heterocycles. The van der Waals surface area contributed by atoms with E-state index in [1.807, 2.05) is 6.92 Å². The van der Waals surface area contributed by atoms with Crippen molar-refractivity contribution < 1.29 is 14.3 Å². The third-order valence-corrected chi connectivity index (χ3v) is 3.13. The predicted molar refractivity (Wildman–Crippen MR) is 52.6 cm³/mol. The van der Waals surface area contributed by atoms with Crippen molar-refractivity contribution in [1.82, 2.24) is 0 Å². The number of hydrogen-bond donors (Lipinski definition) is 0. The first-order valence-electron chi connectivity index (χ1n) is 5.39. The quantitative estimate of drug-likeness (QED) is 0.514. The van der Waals surface area contributed by atoms with Crippen LogP contribution in [0, 0.1) is 5.41 Å². The lowest BCUT2D eigenvalue weighted by molar-refractivity contribution is -0.174. The van der Waals surface area contributed by atoms with E-state index >= 15 is 0 Å². The lowest BCUT2D eigenvalue weighted by Gasteiger charge is -2.32. The molecule has 1 unspecified atom stereocenters. The number of rotatable bonds is 4. The Morgan fingerprint density at radius 1 is 1.36 bits per heavy atom. The number of esters is 2. The fourth-order valence-electron chi connectivity index (χ4n) is 1.95. The van der Waals surface area contributed by atoms with Gasteiger partial charge in [0.1, 0.15) is 0 Å². The summed E-state index contributed by atoms with van der Waals surface area (Å²) < 4.78 is 4.71. The minimum atomic E-state index is -0.371. The molecule has 14 heavy (non-hydrogen) atoms. The number of carbonyl (C=O) groups is 2. The summed E-state index contributed by atoms with van der Waals surface area (Å²) in [5, 5.41) is 0. The monoisotopic (exact) mass is 198 g/mol. The Morgan fingerprint density at radius 3 is 2.57 bits per heavy atom. The lowest BCUT2D eigenvalue weighted by Crippen LogP contribution is -2.38. The second-order valence-electron chi connectivity index (χ2n) is 4.00. The van der Waals surface area contributed by atoms with Crippen LogP contribution < -0.4 is 0 Å². The first-order chi connectivity index (χ1) is 6.64. The molecule has 0 bridgehead atoms. The van der Waals surface area contributed by atoms with Gasteiger partial charge in [0.25, 0.3) is 0 Å². The molecule has 0 aromatic rings. The van der Waals surface area contributed by atoms with E-state index in [1.165, 1.54) is 0 Å². The molecule has 1 rings (SSSR count). The van der Waals surface area contributed by atoms with Gasteiger partial charge in [-0.3, -0.25) is 9.59 Å². The highest BCUT2D eigenvalue weighted by molar-refractivity contribution is 5.91. The summed E-state index contributed by atoms with van der Waals surface area (Å²) in [4.78, 5) is 22.5. The largest absolute Gasteiger partial charge is 0.393 e. The average Bonchev–Trinajstić information content (AvgIpc) is 2.18. The highest BCUT2D eigenvalue weighted by Crippen LogP contribution is 2.38. The van der Waals surface area contributed by atoms with Crippen molar-refractivity contribution in [2.45, 2.75) is 52.4 Å². The van der Waals surface area contributed by atoms with Crippen molar-refractivity contribution in [2.75, 3.05) is 0 Å². The topological polar surface area (TPSA) is 43.4 Å². The van der Waals surface area contributed by atoms with Crippen LogP contribution in [-0.2, 0) is 14.3 Å². The summed E-state index contributed by atoms with van der Waals surface area (Å²) >= 11 is 0. The Kier molecular flexibility index (Phi) is 3.67. The second-order valence-corrected chi connectivity index (χ2v) is 4.00. The summed E-state index contributed by atoms with van der Waals surface area (Å²) in [6.45, 7) is 4.09. The highest BCUT2D eigenvalue weighted by atomic mass is 16.6. The molecular formula is C11H18O3. The van der Waals surface area contributed by atoms with Gasteiger partial charge in [-0.15, -0.1) is 0 Å². The van der Waals surface area contributed by atoms with Gasteiger partial charge in [-0.2, -0.15) is 0 Å². The van der Waals surface area contributed by atoms with E-state index in [9.17, 15) is 9.59 Å². The minimum Gasteiger partial charge on any atom is -0.393 e. The third-order valence-electron chi connectivity index (χ3n) is 3.13. The molecule has 1 aliphatic rings. The van der Waals surface area contributed by atoms with Crippen LogP contribution in [0.5, 0.6) is 0 Å². The van der Waals surface area contributed by atoms with Crippen LogP contribution >= 0.6 is 0 Å². The van der Waals surface area contributed by atoms with E-state index < -0.39 is 0 Å². The fraction of sp³-hybridized carbons (Fsp3) is 0.818. The predicted octanol–water partition coefficient (Wildman–Crippen LogP) is 2.44. The number of carbonyl (C=O) groups excluding carboxylic acids is 2. The van der Waals surface area contributed by atoms with Gasteiger partial charge in [0.05, 0.1) is 5.41 Å². The van der Waals surface area contributed by atoms with Gasteiger partial charge in [-0.25, -0.2) is 0 Å². The Labute approximate surface area is 84.8 Å². The SMILES string of the molecule is CCCCC1(CC)CCC(=O)OC1=O. The van der Waals surface area contributed by atoms with E-state index in [4.69, 9.17) is 4.74 Å². The highest BCUT2D eigenvalue weighted by Gasteiger charge is 2.42. The zero-order valence-electron chi connectivity index (χ0n) is 8.97. The van der Waals surface area contributed by atoms with E-state index in [0.717, 1.165) is 25.7 Å². The Bertz CT molecular complexity index is 235. The van der Waals surface area contributed by atoms with E-state index in [2.05, 4.69) is 6.92 Å². The average molecular weight is 198 g/mol. The van der Waals surface area contributed by atoms with Crippen LogP contribution in [0.1, 0.15) is 52.4 Å². The van der Waals surface area contributed by atoms with Crippen LogP contribution in [0.3, 0.4) is 0 Å². The Morgan fingerprint density at radius 2 is 2.07 bits per heavy atom. The van der Waals surface area contributed by atoms with Crippen LogP contribution in [0.4, 0.5) is 0 Å². The summed E-state index contributed by atoms with van der Waals surface area (Å²) in [7, 11) is 0. The van der Waals surface area contributed by atoms with Crippen molar-refractivity contribution in [3.8, 4) is 0 Å². The van der Waals surface area contributed by atoms with Crippen molar-refractivity contribution >= 4 is 11.9 Å². The zero-order chi connectivity index (χ0) is 10.6. The number of cyclic esters (lactones) is 2. The molecule has 0 radical (unpaired) electrons. The summed E-state index contributed by atoms with van der Waals surface area (Å²) in [5.74, 6) is -0.666. The van der Waals surface area contributed by atoms with Gasteiger partial charge in [0.15, 0.2) is 0 Å².